The lowest BCUT2D eigenvalue weighted by molar-refractivity contribution is -0.385. The highest BCUT2D eigenvalue weighted by Gasteiger charge is 2.46. The lowest BCUT2D eigenvalue weighted by Gasteiger charge is -2.31. The van der Waals surface area contributed by atoms with Gasteiger partial charge in [-0.05, 0) is 32.8 Å². The zero-order chi connectivity index (χ0) is 15.8. The smallest absolute Gasteiger partial charge is 0.329 e. The van der Waals surface area contributed by atoms with Gasteiger partial charge in [-0.25, -0.2) is 4.79 Å². The number of hydrogen-bond donors (Lipinski definition) is 1. The van der Waals surface area contributed by atoms with Gasteiger partial charge in [-0.15, -0.1) is 0 Å². The third-order valence-corrected chi connectivity index (χ3v) is 4.00. The van der Waals surface area contributed by atoms with Gasteiger partial charge in [0.05, 0.1) is 4.92 Å². The summed E-state index contributed by atoms with van der Waals surface area (Å²) < 4.78 is 0. The molecule has 0 spiro atoms. The topological polar surface area (TPSA) is 101 Å². The third-order valence-electron chi connectivity index (χ3n) is 4.00. The molecule has 7 heteroatoms. The monoisotopic (exact) mass is 292 g/mol. The van der Waals surface area contributed by atoms with Gasteiger partial charge in [0.1, 0.15) is 5.54 Å². The number of carbonyl (C=O) groups is 2. The van der Waals surface area contributed by atoms with Gasteiger partial charge < -0.3 is 10.0 Å². The number of nitrogens with zero attached hydrogens (tertiary/aromatic N) is 2. The first-order chi connectivity index (χ1) is 9.77. The maximum atomic E-state index is 12.5. The number of carbonyl (C=O) groups excluding carboxylic acids is 1. The average molecular weight is 292 g/mol. The Morgan fingerprint density at radius 3 is 2.67 bits per heavy atom. The number of likely N-dealkylation sites (tertiary alicyclic amines) is 1. The zero-order valence-corrected chi connectivity index (χ0v) is 11.8. The van der Waals surface area contributed by atoms with E-state index in [-0.39, 0.29) is 11.3 Å². The molecule has 0 aliphatic carbocycles. The van der Waals surface area contributed by atoms with Gasteiger partial charge in [0.15, 0.2) is 0 Å². The molecule has 1 saturated heterocycles. The first-order valence-electron chi connectivity index (χ1n) is 6.58. The molecular formula is C14H16N2O5. The molecule has 1 unspecified atom stereocenters. The van der Waals surface area contributed by atoms with E-state index in [1.165, 1.54) is 30.0 Å². The van der Waals surface area contributed by atoms with E-state index in [1.54, 1.807) is 6.92 Å². The number of nitro groups is 1. The minimum atomic E-state index is -1.25. The van der Waals surface area contributed by atoms with Crippen LogP contribution in [0.4, 0.5) is 5.69 Å². The SMILES string of the molecule is Cc1ccc(C(=O)N2CCCC2(C)C(=O)O)cc1[N+](=O)[O-]. The highest BCUT2D eigenvalue weighted by Crippen LogP contribution is 2.31. The fourth-order valence-electron chi connectivity index (χ4n) is 2.61. The summed E-state index contributed by atoms with van der Waals surface area (Å²) in [4.78, 5) is 35.6. The lowest BCUT2D eigenvalue weighted by Crippen LogP contribution is -2.50. The maximum absolute atomic E-state index is 12.5. The van der Waals surface area contributed by atoms with Crippen LogP contribution in [0.15, 0.2) is 18.2 Å². The fraction of sp³-hybridized carbons (Fsp3) is 0.429. The largest absolute Gasteiger partial charge is 0.480 e. The van der Waals surface area contributed by atoms with Crippen LogP contribution in [0.5, 0.6) is 0 Å². The van der Waals surface area contributed by atoms with Crippen LogP contribution >= 0.6 is 0 Å². The minimum absolute atomic E-state index is 0.140. The molecule has 1 aromatic carbocycles. The third kappa shape index (κ3) is 2.46. The van der Waals surface area contributed by atoms with Crippen LogP contribution in [-0.4, -0.2) is 38.9 Å². The molecule has 0 saturated carbocycles. The Bertz CT molecular complexity index is 628. The Kier molecular flexibility index (Phi) is 3.67. The summed E-state index contributed by atoms with van der Waals surface area (Å²) in [6, 6.07) is 4.20. The predicted molar refractivity (Wildman–Crippen MR) is 74.1 cm³/mol. The van der Waals surface area contributed by atoms with Crippen molar-refractivity contribution in [1.82, 2.24) is 4.90 Å². The van der Waals surface area contributed by atoms with Gasteiger partial charge in [-0.3, -0.25) is 14.9 Å². The zero-order valence-electron chi connectivity index (χ0n) is 11.8. The molecule has 21 heavy (non-hydrogen) atoms. The molecule has 1 aliphatic heterocycles. The van der Waals surface area contributed by atoms with Crippen LogP contribution in [0, 0.1) is 17.0 Å². The van der Waals surface area contributed by atoms with Crippen LogP contribution in [0.2, 0.25) is 0 Å². The number of amides is 1. The average Bonchev–Trinajstić information content (AvgIpc) is 2.81. The van der Waals surface area contributed by atoms with Gasteiger partial charge in [0.25, 0.3) is 11.6 Å². The Labute approximate surface area is 121 Å². The summed E-state index contributed by atoms with van der Waals surface area (Å²) >= 11 is 0. The van der Waals surface area contributed by atoms with Gasteiger partial charge in [0, 0.05) is 23.7 Å². The summed E-state index contributed by atoms with van der Waals surface area (Å²) in [5.74, 6) is -1.55. The number of carboxylic acid groups (broad SMARTS) is 1. The molecule has 1 atom stereocenters. The number of rotatable bonds is 3. The van der Waals surface area contributed by atoms with Gasteiger partial charge >= 0.3 is 5.97 Å². The molecule has 1 amide bonds. The molecule has 0 bridgehead atoms. The molecule has 2 rings (SSSR count). The van der Waals surface area contributed by atoms with Gasteiger partial charge in [-0.2, -0.15) is 0 Å². The summed E-state index contributed by atoms with van der Waals surface area (Å²) in [5, 5.41) is 20.3. The Hall–Kier alpha value is -2.44. The van der Waals surface area contributed by atoms with Gasteiger partial charge in [0.2, 0.25) is 0 Å². The molecule has 1 heterocycles. The second kappa shape index (κ2) is 5.16. The van der Waals surface area contributed by atoms with E-state index in [9.17, 15) is 24.8 Å². The Morgan fingerprint density at radius 2 is 2.10 bits per heavy atom. The number of aryl methyl sites for hydroxylation is 1. The molecule has 7 nitrogen and oxygen atoms in total. The number of hydrogen-bond acceptors (Lipinski definition) is 4. The normalized spacial score (nSPS) is 21.3. The molecule has 0 aromatic heterocycles. The molecule has 1 aliphatic rings. The number of aliphatic carboxylic acids is 1. The maximum Gasteiger partial charge on any atom is 0.329 e. The number of nitro benzene ring substituents is 1. The van der Waals surface area contributed by atoms with Crippen LogP contribution in [-0.2, 0) is 4.79 Å². The van der Waals surface area contributed by atoms with Crippen LogP contribution in [0.3, 0.4) is 0 Å². The van der Waals surface area contributed by atoms with Crippen LogP contribution < -0.4 is 0 Å². The molecule has 112 valence electrons. The molecular weight excluding hydrogens is 276 g/mol. The predicted octanol–water partition coefficient (Wildman–Crippen LogP) is 1.98. The summed E-state index contributed by atoms with van der Waals surface area (Å²) in [6.45, 7) is 3.43. The van der Waals surface area contributed by atoms with E-state index >= 15 is 0 Å². The second-order valence-corrected chi connectivity index (χ2v) is 5.40. The van der Waals surface area contributed by atoms with Crippen LogP contribution in [0.1, 0.15) is 35.7 Å². The van der Waals surface area contributed by atoms with E-state index < -0.39 is 22.3 Å². The second-order valence-electron chi connectivity index (χ2n) is 5.40. The van der Waals surface area contributed by atoms with Crippen molar-refractivity contribution >= 4 is 17.6 Å². The quantitative estimate of drug-likeness (QED) is 0.678. The fourth-order valence-corrected chi connectivity index (χ4v) is 2.61. The van der Waals surface area contributed by atoms with Crippen molar-refractivity contribution in [2.75, 3.05) is 6.54 Å². The van der Waals surface area contributed by atoms with Crippen molar-refractivity contribution in [1.29, 1.82) is 0 Å². The molecule has 1 N–H and O–H groups in total. The highest BCUT2D eigenvalue weighted by molar-refractivity contribution is 5.98. The molecule has 1 fully saturated rings. The highest BCUT2D eigenvalue weighted by atomic mass is 16.6. The number of benzene rings is 1. The summed E-state index contributed by atoms with van der Waals surface area (Å²) in [7, 11) is 0. The van der Waals surface area contributed by atoms with E-state index in [0.29, 0.717) is 24.9 Å². The van der Waals surface area contributed by atoms with Crippen molar-refractivity contribution in [2.24, 2.45) is 0 Å². The Morgan fingerprint density at radius 1 is 1.43 bits per heavy atom. The van der Waals surface area contributed by atoms with Crippen LogP contribution in [0.25, 0.3) is 0 Å². The lowest BCUT2D eigenvalue weighted by atomic mass is 9.98. The van der Waals surface area contributed by atoms with Crippen molar-refractivity contribution in [3.8, 4) is 0 Å². The van der Waals surface area contributed by atoms with E-state index in [4.69, 9.17) is 0 Å². The van der Waals surface area contributed by atoms with E-state index in [0.717, 1.165) is 0 Å². The standard InChI is InChI=1S/C14H16N2O5/c1-9-4-5-10(8-11(9)16(20)21)12(17)15-7-3-6-14(15,2)13(18)19/h4-5,8H,3,6-7H2,1-2H3,(H,18,19). The van der Waals surface area contributed by atoms with E-state index in [1.807, 2.05) is 0 Å². The van der Waals surface area contributed by atoms with Crippen molar-refractivity contribution < 1.29 is 19.6 Å². The van der Waals surface area contributed by atoms with E-state index in [2.05, 4.69) is 0 Å². The molecule has 0 radical (unpaired) electrons. The first-order valence-corrected chi connectivity index (χ1v) is 6.58. The van der Waals surface area contributed by atoms with Crippen molar-refractivity contribution in [3.63, 3.8) is 0 Å². The van der Waals surface area contributed by atoms with Crippen molar-refractivity contribution in [2.45, 2.75) is 32.2 Å². The summed E-state index contributed by atoms with van der Waals surface area (Å²) in [6.07, 6.45) is 0.977. The summed E-state index contributed by atoms with van der Waals surface area (Å²) in [5.41, 5.74) is -0.797. The minimum Gasteiger partial charge on any atom is -0.480 e. The Balaban J connectivity index is 2.39. The number of carboxylic acids is 1. The van der Waals surface area contributed by atoms with Gasteiger partial charge in [-0.1, -0.05) is 6.07 Å². The first kappa shape index (κ1) is 15.0. The van der Waals surface area contributed by atoms with Crippen molar-refractivity contribution in [3.05, 3.63) is 39.4 Å². The molecule has 1 aromatic rings.